The fraction of sp³-hybridized carbons (Fsp3) is 0.500. The van der Waals surface area contributed by atoms with Crippen LogP contribution in [0, 0.1) is 17.8 Å². The van der Waals surface area contributed by atoms with Gasteiger partial charge in [-0.2, -0.15) is 0 Å². The summed E-state index contributed by atoms with van der Waals surface area (Å²) in [7, 11) is 0. The SMILES string of the molecule is NC(=O)C1CCN(Cc2cc(C#CCO)cs2)CC1. The third-order valence-electron chi connectivity index (χ3n) is 3.33. The van der Waals surface area contributed by atoms with Crippen molar-refractivity contribution >= 4 is 17.2 Å². The van der Waals surface area contributed by atoms with Gasteiger partial charge in [0.05, 0.1) is 0 Å². The van der Waals surface area contributed by atoms with E-state index in [-0.39, 0.29) is 18.4 Å². The molecule has 1 fully saturated rings. The first-order valence-corrected chi connectivity index (χ1v) is 7.26. The van der Waals surface area contributed by atoms with Gasteiger partial charge in [0.1, 0.15) is 6.61 Å². The van der Waals surface area contributed by atoms with Crippen molar-refractivity contribution in [1.82, 2.24) is 4.90 Å². The van der Waals surface area contributed by atoms with Gasteiger partial charge in [0.15, 0.2) is 0 Å². The Kier molecular flexibility index (Phi) is 4.97. The molecule has 19 heavy (non-hydrogen) atoms. The number of carbonyl (C=O) groups is 1. The number of hydrogen-bond donors (Lipinski definition) is 2. The molecular weight excluding hydrogens is 260 g/mol. The number of nitrogens with two attached hydrogens (primary N) is 1. The van der Waals surface area contributed by atoms with E-state index >= 15 is 0 Å². The van der Waals surface area contributed by atoms with E-state index in [2.05, 4.69) is 22.8 Å². The highest BCUT2D eigenvalue weighted by Crippen LogP contribution is 2.21. The van der Waals surface area contributed by atoms with Gasteiger partial charge in [-0.3, -0.25) is 9.69 Å². The lowest BCUT2D eigenvalue weighted by Crippen LogP contribution is -2.37. The first-order chi connectivity index (χ1) is 9.19. The van der Waals surface area contributed by atoms with Gasteiger partial charge < -0.3 is 10.8 Å². The van der Waals surface area contributed by atoms with Crippen LogP contribution in [0.25, 0.3) is 0 Å². The molecule has 0 aromatic carbocycles. The number of aliphatic hydroxyl groups excluding tert-OH is 1. The van der Waals surface area contributed by atoms with E-state index in [1.54, 1.807) is 11.3 Å². The highest BCUT2D eigenvalue weighted by atomic mass is 32.1. The highest BCUT2D eigenvalue weighted by molar-refractivity contribution is 7.10. The number of amides is 1. The maximum atomic E-state index is 11.1. The Hall–Kier alpha value is -1.35. The van der Waals surface area contributed by atoms with Crippen LogP contribution in [0.1, 0.15) is 23.3 Å². The van der Waals surface area contributed by atoms with Crippen LogP contribution >= 0.6 is 11.3 Å². The molecule has 0 radical (unpaired) electrons. The van der Waals surface area contributed by atoms with Crippen LogP contribution in [0.2, 0.25) is 0 Å². The zero-order valence-corrected chi connectivity index (χ0v) is 11.6. The van der Waals surface area contributed by atoms with Crippen LogP contribution in [-0.2, 0) is 11.3 Å². The van der Waals surface area contributed by atoms with Gasteiger partial charge in [0.2, 0.25) is 5.91 Å². The molecule has 0 aliphatic carbocycles. The molecule has 0 bridgehead atoms. The van der Waals surface area contributed by atoms with E-state index in [0.29, 0.717) is 0 Å². The van der Waals surface area contributed by atoms with E-state index in [1.165, 1.54) is 4.88 Å². The van der Waals surface area contributed by atoms with Crippen LogP contribution in [0.4, 0.5) is 0 Å². The number of nitrogens with zero attached hydrogens (tertiary/aromatic N) is 1. The van der Waals surface area contributed by atoms with Crippen LogP contribution < -0.4 is 5.73 Å². The Morgan fingerprint density at radius 3 is 2.89 bits per heavy atom. The maximum Gasteiger partial charge on any atom is 0.220 e. The second-order valence-corrected chi connectivity index (χ2v) is 5.71. The Labute approximate surface area is 117 Å². The maximum absolute atomic E-state index is 11.1. The van der Waals surface area contributed by atoms with E-state index in [4.69, 9.17) is 10.8 Å². The lowest BCUT2D eigenvalue weighted by atomic mass is 9.96. The van der Waals surface area contributed by atoms with Crippen LogP contribution in [0.15, 0.2) is 11.4 Å². The van der Waals surface area contributed by atoms with Gasteiger partial charge in [0, 0.05) is 28.3 Å². The lowest BCUT2D eigenvalue weighted by Gasteiger charge is -2.29. The predicted octanol–water partition coefficient (Wildman–Crippen LogP) is 0.789. The molecule has 2 heterocycles. The van der Waals surface area contributed by atoms with Gasteiger partial charge in [-0.1, -0.05) is 11.8 Å². The average Bonchev–Trinajstić information content (AvgIpc) is 2.84. The van der Waals surface area contributed by atoms with Gasteiger partial charge in [-0.15, -0.1) is 11.3 Å². The zero-order valence-electron chi connectivity index (χ0n) is 10.8. The number of aliphatic hydroxyl groups is 1. The van der Waals surface area contributed by atoms with Crippen molar-refractivity contribution in [2.75, 3.05) is 19.7 Å². The number of thiophene rings is 1. The van der Waals surface area contributed by atoms with Gasteiger partial charge in [-0.25, -0.2) is 0 Å². The fourth-order valence-corrected chi connectivity index (χ4v) is 3.12. The summed E-state index contributed by atoms with van der Waals surface area (Å²) in [6.45, 7) is 2.63. The minimum Gasteiger partial charge on any atom is -0.384 e. The third-order valence-corrected chi connectivity index (χ3v) is 4.26. The van der Waals surface area contributed by atoms with Crippen LogP contribution in [0.5, 0.6) is 0 Å². The van der Waals surface area contributed by atoms with E-state index in [0.717, 1.165) is 38.0 Å². The molecule has 0 saturated carbocycles. The highest BCUT2D eigenvalue weighted by Gasteiger charge is 2.23. The van der Waals surface area contributed by atoms with Gasteiger partial charge >= 0.3 is 0 Å². The molecule has 5 heteroatoms. The second kappa shape index (κ2) is 6.71. The average molecular weight is 278 g/mol. The van der Waals surface area contributed by atoms with Gasteiger partial charge in [0.25, 0.3) is 0 Å². The summed E-state index contributed by atoms with van der Waals surface area (Å²) in [5.74, 6) is 5.43. The minimum absolute atomic E-state index is 0.0468. The monoisotopic (exact) mass is 278 g/mol. The molecular formula is C14H18N2O2S. The molecule has 1 saturated heterocycles. The molecule has 2 rings (SSSR count). The Balaban J connectivity index is 1.85. The minimum atomic E-state index is -0.169. The predicted molar refractivity (Wildman–Crippen MR) is 75.5 cm³/mol. The van der Waals surface area contributed by atoms with Crippen molar-refractivity contribution in [3.8, 4) is 11.8 Å². The van der Waals surface area contributed by atoms with E-state index < -0.39 is 0 Å². The first-order valence-electron chi connectivity index (χ1n) is 6.38. The Morgan fingerprint density at radius 2 is 2.26 bits per heavy atom. The molecule has 102 valence electrons. The zero-order chi connectivity index (χ0) is 13.7. The van der Waals surface area contributed by atoms with Crippen molar-refractivity contribution in [1.29, 1.82) is 0 Å². The van der Waals surface area contributed by atoms with Crippen molar-refractivity contribution in [2.24, 2.45) is 11.7 Å². The smallest absolute Gasteiger partial charge is 0.220 e. The normalized spacial score (nSPS) is 16.9. The van der Waals surface area contributed by atoms with E-state index in [1.807, 2.05) is 5.38 Å². The Morgan fingerprint density at radius 1 is 1.53 bits per heavy atom. The topological polar surface area (TPSA) is 66.6 Å². The number of rotatable bonds is 3. The molecule has 3 N–H and O–H groups in total. The molecule has 1 aliphatic rings. The summed E-state index contributed by atoms with van der Waals surface area (Å²) < 4.78 is 0. The summed E-state index contributed by atoms with van der Waals surface area (Å²) in [6, 6.07) is 2.06. The molecule has 1 amide bonds. The lowest BCUT2D eigenvalue weighted by molar-refractivity contribution is -0.123. The van der Waals surface area contributed by atoms with Crippen molar-refractivity contribution in [2.45, 2.75) is 19.4 Å². The number of hydrogen-bond acceptors (Lipinski definition) is 4. The van der Waals surface area contributed by atoms with Gasteiger partial charge in [-0.05, 0) is 32.0 Å². The molecule has 1 aliphatic heterocycles. The van der Waals surface area contributed by atoms with E-state index in [9.17, 15) is 4.79 Å². The largest absolute Gasteiger partial charge is 0.384 e. The first kappa shape index (κ1) is 14.1. The third kappa shape index (κ3) is 4.06. The fourth-order valence-electron chi connectivity index (χ4n) is 2.27. The molecule has 1 aromatic rings. The summed E-state index contributed by atoms with van der Waals surface area (Å²) >= 11 is 1.68. The summed E-state index contributed by atoms with van der Waals surface area (Å²) in [4.78, 5) is 14.7. The second-order valence-electron chi connectivity index (χ2n) is 4.71. The molecule has 0 spiro atoms. The summed E-state index contributed by atoms with van der Waals surface area (Å²) in [5, 5.41) is 10.7. The number of primary amides is 1. The summed E-state index contributed by atoms with van der Waals surface area (Å²) in [5.41, 5.74) is 6.28. The standard InChI is InChI=1S/C14H18N2O2S/c15-14(18)12-3-5-16(6-4-12)9-13-8-11(10-19-13)2-1-7-17/h8,10,12,17H,3-7,9H2,(H2,15,18). The van der Waals surface area contributed by atoms with Crippen molar-refractivity contribution in [3.05, 3.63) is 21.9 Å². The Bertz CT molecular complexity index is 493. The van der Waals surface area contributed by atoms with Crippen LogP contribution in [-0.4, -0.2) is 35.6 Å². The number of likely N-dealkylation sites (tertiary alicyclic amines) is 1. The summed E-state index contributed by atoms with van der Waals surface area (Å²) in [6.07, 6.45) is 1.72. The van der Waals surface area contributed by atoms with Crippen LogP contribution in [0.3, 0.4) is 0 Å². The molecule has 0 unspecified atom stereocenters. The quantitative estimate of drug-likeness (QED) is 0.803. The molecule has 0 atom stereocenters. The van der Waals surface area contributed by atoms with Crippen molar-refractivity contribution < 1.29 is 9.90 Å². The number of carbonyl (C=O) groups excluding carboxylic acids is 1. The molecule has 4 nitrogen and oxygen atoms in total. The molecule has 1 aromatic heterocycles. The van der Waals surface area contributed by atoms with Crippen molar-refractivity contribution in [3.63, 3.8) is 0 Å². The number of piperidine rings is 1.